The third kappa shape index (κ3) is 3.55. The van der Waals surface area contributed by atoms with Crippen molar-refractivity contribution in [3.63, 3.8) is 0 Å². The van der Waals surface area contributed by atoms with Gasteiger partial charge in [0.05, 0.1) is 39.3 Å². The fraction of sp³-hybridized carbons (Fsp3) is 0. The number of nitrogens with zero attached hydrogens (tertiary/aromatic N) is 4. The first-order chi connectivity index (χ1) is 22.8. The number of aromatic nitrogens is 4. The van der Waals surface area contributed by atoms with Gasteiger partial charge in [-0.3, -0.25) is 9.97 Å². The van der Waals surface area contributed by atoms with Crippen LogP contribution in [-0.4, -0.2) is 19.1 Å². The predicted octanol–water partition coefficient (Wildman–Crippen LogP) is 10.6. The Morgan fingerprint density at radius 2 is 0.913 bits per heavy atom. The Morgan fingerprint density at radius 3 is 1.63 bits per heavy atom. The monoisotopic (exact) mass is 586 g/mol. The lowest BCUT2D eigenvalue weighted by atomic mass is 10.00. The molecule has 4 nitrogen and oxygen atoms in total. The maximum absolute atomic E-state index is 4.88. The molecule has 0 amide bonds. The number of rotatable bonds is 3. The highest BCUT2D eigenvalue weighted by Gasteiger charge is 2.19. The molecule has 0 N–H and O–H groups in total. The Labute approximate surface area is 264 Å². The molecule has 4 aromatic heterocycles. The Balaban J connectivity index is 1.26. The number of pyridine rings is 2. The topological polar surface area (TPSA) is 35.6 Å². The van der Waals surface area contributed by atoms with Crippen molar-refractivity contribution in [3.8, 4) is 22.5 Å². The van der Waals surface area contributed by atoms with E-state index in [0.29, 0.717) is 0 Å². The summed E-state index contributed by atoms with van der Waals surface area (Å²) >= 11 is 0. The molecule has 214 valence electrons. The van der Waals surface area contributed by atoms with Crippen molar-refractivity contribution in [3.05, 3.63) is 158 Å². The standard InChI is InChI=1S/C42H26N4/c1-3-11-29(12-4-1)45-39-22-20-28(24-34(39)41-31-15-7-9-17-36(31)44-26-40(41)45)27-19-21-38-33(23-27)35-25-43-37-18-10-8-16-32(37)42(35)46(38)30-13-5-2-6-14-30/h1-26H. The molecule has 0 atom stereocenters. The molecule has 0 aliphatic rings. The van der Waals surface area contributed by atoms with E-state index in [1.54, 1.807) is 0 Å². The summed E-state index contributed by atoms with van der Waals surface area (Å²) in [6.45, 7) is 0. The zero-order chi connectivity index (χ0) is 30.2. The summed E-state index contributed by atoms with van der Waals surface area (Å²) in [7, 11) is 0. The number of hydrogen-bond acceptors (Lipinski definition) is 2. The van der Waals surface area contributed by atoms with Gasteiger partial charge in [0.2, 0.25) is 0 Å². The lowest BCUT2D eigenvalue weighted by Crippen LogP contribution is -1.94. The van der Waals surface area contributed by atoms with Crippen molar-refractivity contribution in [2.45, 2.75) is 0 Å². The summed E-state index contributed by atoms with van der Waals surface area (Å²) in [6.07, 6.45) is 4.06. The van der Waals surface area contributed by atoms with Gasteiger partial charge in [-0.25, -0.2) is 0 Å². The van der Waals surface area contributed by atoms with Crippen LogP contribution in [0.15, 0.2) is 158 Å². The van der Waals surface area contributed by atoms with Crippen LogP contribution in [0.1, 0.15) is 0 Å². The molecule has 10 aromatic rings. The summed E-state index contributed by atoms with van der Waals surface area (Å²) in [5.74, 6) is 0. The number of para-hydroxylation sites is 4. The van der Waals surface area contributed by atoms with Gasteiger partial charge in [-0.05, 0) is 71.8 Å². The fourth-order valence-electron chi connectivity index (χ4n) is 7.34. The Morgan fingerprint density at radius 1 is 0.370 bits per heavy atom. The first-order valence-electron chi connectivity index (χ1n) is 15.6. The minimum atomic E-state index is 0.997. The van der Waals surface area contributed by atoms with Crippen LogP contribution in [0.2, 0.25) is 0 Å². The molecule has 4 heterocycles. The molecule has 10 rings (SSSR count). The summed E-state index contributed by atoms with van der Waals surface area (Å²) in [5.41, 5.74) is 11.2. The van der Waals surface area contributed by atoms with E-state index in [1.165, 1.54) is 43.8 Å². The molecule has 6 aromatic carbocycles. The van der Waals surface area contributed by atoms with Gasteiger partial charge >= 0.3 is 0 Å². The minimum Gasteiger partial charge on any atom is -0.309 e. The van der Waals surface area contributed by atoms with E-state index in [4.69, 9.17) is 9.97 Å². The molecular weight excluding hydrogens is 560 g/mol. The molecule has 0 saturated carbocycles. The Kier molecular flexibility index (Phi) is 5.25. The lowest BCUT2D eigenvalue weighted by Gasteiger charge is -2.10. The molecule has 0 spiro atoms. The van der Waals surface area contributed by atoms with Crippen LogP contribution in [0, 0.1) is 0 Å². The lowest BCUT2D eigenvalue weighted by molar-refractivity contribution is 1.17. The molecule has 0 radical (unpaired) electrons. The van der Waals surface area contributed by atoms with Crippen LogP contribution in [0.3, 0.4) is 0 Å². The van der Waals surface area contributed by atoms with Crippen LogP contribution < -0.4 is 0 Å². The van der Waals surface area contributed by atoms with Gasteiger partial charge in [-0.15, -0.1) is 0 Å². The summed E-state index contributed by atoms with van der Waals surface area (Å²) in [5, 5.41) is 7.10. The van der Waals surface area contributed by atoms with Crippen molar-refractivity contribution >= 4 is 65.4 Å². The first-order valence-corrected chi connectivity index (χ1v) is 15.6. The second kappa shape index (κ2) is 9.62. The maximum atomic E-state index is 4.88. The highest BCUT2D eigenvalue weighted by atomic mass is 15.0. The number of benzene rings is 6. The molecule has 0 aliphatic heterocycles. The van der Waals surface area contributed by atoms with E-state index in [0.717, 1.165) is 44.1 Å². The largest absolute Gasteiger partial charge is 0.309 e. The molecule has 0 saturated heterocycles. The highest BCUT2D eigenvalue weighted by Crippen LogP contribution is 2.40. The van der Waals surface area contributed by atoms with E-state index in [2.05, 4.69) is 155 Å². The van der Waals surface area contributed by atoms with Crippen molar-refractivity contribution < 1.29 is 0 Å². The van der Waals surface area contributed by atoms with Gasteiger partial charge in [0.1, 0.15) is 0 Å². The molecule has 4 heteroatoms. The fourth-order valence-corrected chi connectivity index (χ4v) is 7.34. The van der Waals surface area contributed by atoms with Crippen LogP contribution in [0.4, 0.5) is 0 Å². The Hall–Kier alpha value is -6.26. The van der Waals surface area contributed by atoms with Crippen molar-refractivity contribution in [1.82, 2.24) is 19.1 Å². The van der Waals surface area contributed by atoms with Crippen molar-refractivity contribution in [1.29, 1.82) is 0 Å². The smallest absolute Gasteiger partial charge is 0.0730 e. The van der Waals surface area contributed by atoms with E-state index in [-0.39, 0.29) is 0 Å². The normalized spacial score (nSPS) is 11.9. The maximum Gasteiger partial charge on any atom is 0.0730 e. The van der Waals surface area contributed by atoms with Gasteiger partial charge in [-0.2, -0.15) is 0 Å². The average Bonchev–Trinajstić information content (AvgIpc) is 3.65. The average molecular weight is 587 g/mol. The minimum absolute atomic E-state index is 0.997. The van der Waals surface area contributed by atoms with E-state index >= 15 is 0 Å². The zero-order valence-electron chi connectivity index (χ0n) is 24.8. The van der Waals surface area contributed by atoms with E-state index in [9.17, 15) is 0 Å². The van der Waals surface area contributed by atoms with Gasteiger partial charge in [0.25, 0.3) is 0 Å². The second-order valence-electron chi connectivity index (χ2n) is 11.9. The summed E-state index contributed by atoms with van der Waals surface area (Å²) < 4.78 is 4.72. The number of fused-ring (bicyclic) bond motifs is 10. The van der Waals surface area contributed by atoms with Crippen LogP contribution in [-0.2, 0) is 0 Å². The predicted molar refractivity (Wildman–Crippen MR) is 191 cm³/mol. The molecule has 0 fully saturated rings. The van der Waals surface area contributed by atoms with Crippen LogP contribution in [0.25, 0.3) is 87.9 Å². The zero-order valence-corrected chi connectivity index (χ0v) is 24.8. The summed E-state index contributed by atoms with van der Waals surface area (Å²) in [6, 6.07) is 51.8. The molecule has 0 unspecified atom stereocenters. The van der Waals surface area contributed by atoms with Crippen LogP contribution in [0.5, 0.6) is 0 Å². The van der Waals surface area contributed by atoms with Gasteiger partial charge in [-0.1, -0.05) is 84.9 Å². The third-order valence-electron chi connectivity index (χ3n) is 9.36. The SMILES string of the molecule is c1ccc(-n2c3ccc(-c4ccc5c(c4)c4cnc6ccccc6c4n5-c4ccccc4)cc3c3c4ccccc4ncc32)cc1. The third-order valence-corrected chi connectivity index (χ3v) is 9.36. The van der Waals surface area contributed by atoms with E-state index < -0.39 is 0 Å². The van der Waals surface area contributed by atoms with Crippen LogP contribution >= 0.6 is 0 Å². The van der Waals surface area contributed by atoms with Gasteiger partial charge in [0, 0.05) is 49.9 Å². The number of hydrogen-bond donors (Lipinski definition) is 0. The molecule has 0 aliphatic carbocycles. The van der Waals surface area contributed by atoms with Crippen molar-refractivity contribution in [2.24, 2.45) is 0 Å². The van der Waals surface area contributed by atoms with Gasteiger partial charge in [0.15, 0.2) is 0 Å². The second-order valence-corrected chi connectivity index (χ2v) is 11.9. The summed E-state index contributed by atoms with van der Waals surface area (Å²) in [4.78, 5) is 9.74. The molecule has 0 bridgehead atoms. The molecule has 46 heavy (non-hydrogen) atoms. The molecular formula is C42H26N4. The quantitative estimate of drug-likeness (QED) is 0.206. The highest BCUT2D eigenvalue weighted by molar-refractivity contribution is 6.21. The Bertz CT molecular complexity index is 2790. The van der Waals surface area contributed by atoms with Crippen molar-refractivity contribution in [2.75, 3.05) is 0 Å². The first kappa shape index (κ1) is 25.1. The van der Waals surface area contributed by atoms with Gasteiger partial charge < -0.3 is 9.13 Å². The van der Waals surface area contributed by atoms with E-state index in [1.807, 2.05) is 12.4 Å².